The van der Waals surface area contributed by atoms with Crippen LogP contribution in [-0.2, 0) is 0 Å². The lowest BCUT2D eigenvalue weighted by atomic mass is 10.0. The van der Waals surface area contributed by atoms with Crippen LogP contribution in [0.4, 0.5) is 0 Å². The molecular formula is C16H18N2O2. The minimum atomic E-state index is -0.287. The number of rotatable bonds is 4. The van der Waals surface area contributed by atoms with Crippen LogP contribution in [-0.4, -0.2) is 28.6 Å². The number of nitrogens with zero attached hydrogens (tertiary/aromatic N) is 1. The minimum Gasteiger partial charge on any atom is -0.394 e. The van der Waals surface area contributed by atoms with E-state index in [0.29, 0.717) is 5.69 Å². The predicted molar refractivity (Wildman–Crippen MR) is 78.4 cm³/mol. The molecule has 1 aromatic heterocycles. The maximum atomic E-state index is 12.1. The first-order chi connectivity index (χ1) is 9.60. The molecular weight excluding hydrogens is 252 g/mol. The van der Waals surface area contributed by atoms with Crippen LogP contribution in [0.2, 0.25) is 0 Å². The Morgan fingerprint density at radius 3 is 2.60 bits per heavy atom. The maximum absolute atomic E-state index is 12.1. The summed E-state index contributed by atoms with van der Waals surface area (Å²) in [6.45, 7) is 3.51. The number of aryl methyl sites for hydroxylation is 1. The van der Waals surface area contributed by atoms with Gasteiger partial charge in [0.05, 0.1) is 6.61 Å². The van der Waals surface area contributed by atoms with E-state index in [1.165, 1.54) is 0 Å². The van der Waals surface area contributed by atoms with E-state index in [1.807, 2.05) is 43.3 Å². The predicted octanol–water partition coefficient (Wildman–Crippen LogP) is 2.17. The molecule has 0 spiro atoms. The molecule has 2 rings (SSSR count). The Kier molecular flexibility index (Phi) is 4.48. The van der Waals surface area contributed by atoms with Gasteiger partial charge in [0, 0.05) is 11.7 Å². The van der Waals surface area contributed by atoms with E-state index in [2.05, 4.69) is 10.3 Å². The SMILES string of the molecule is Cc1cc(-c2ccccc2)cc(C(=O)NC(C)CO)n1. The smallest absolute Gasteiger partial charge is 0.270 e. The van der Waals surface area contributed by atoms with Crippen LogP contribution in [0.1, 0.15) is 23.1 Å². The molecule has 2 N–H and O–H groups in total. The molecule has 4 nitrogen and oxygen atoms in total. The molecule has 104 valence electrons. The molecule has 0 saturated heterocycles. The molecule has 1 atom stereocenters. The van der Waals surface area contributed by atoms with E-state index in [9.17, 15) is 4.79 Å². The lowest BCUT2D eigenvalue weighted by Gasteiger charge is -2.11. The second-order valence-corrected chi connectivity index (χ2v) is 4.81. The Morgan fingerprint density at radius 1 is 1.25 bits per heavy atom. The molecule has 0 aliphatic rings. The van der Waals surface area contributed by atoms with Crippen molar-refractivity contribution < 1.29 is 9.90 Å². The number of hydrogen-bond acceptors (Lipinski definition) is 3. The first-order valence-electron chi connectivity index (χ1n) is 6.56. The lowest BCUT2D eigenvalue weighted by Crippen LogP contribution is -2.35. The third-order valence-electron chi connectivity index (χ3n) is 2.94. The van der Waals surface area contributed by atoms with Gasteiger partial charge < -0.3 is 10.4 Å². The van der Waals surface area contributed by atoms with E-state index in [0.717, 1.165) is 16.8 Å². The minimum absolute atomic E-state index is 0.0941. The second kappa shape index (κ2) is 6.30. The molecule has 1 unspecified atom stereocenters. The van der Waals surface area contributed by atoms with Gasteiger partial charge in [0.25, 0.3) is 5.91 Å². The average molecular weight is 270 g/mol. The summed E-state index contributed by atoms with van der Waals surface area (Å²) >= 11 is 0. The van der Waals surface area contributed by atoms with E-state index in [4.69, 9.17) is 5.11 Å². The molecule has 0 radical (unpaired) electrons. The Hall–Kier alpha value is -2.20. The Morgan fingerprint density at radius 2 is 1.95 bits per heavy atom. The zero-order valence-corrected chi connectivity index (χ0v) is 11.6. The van der Waals surface area contributed by atoms with Gasteiger partial charge in [-0.2, -0.15) is 0 Å². The van der Waals surface area contributed by atoms with Crippen molar-refractivity contribution >= 4 is 5.91 Å². The number of benzene rings is 1. The van der Waals surface area contributed by atoms with E-state index in [1.54, 1.807) is 13.0 Å². The Labute approximate surface area is 118 Å². The molecule has 20 heavy (non-hydrogen) atoms. The number of carbonyl (C=O) groups is 1. The van der Waals surface area contributed by atoms with Crippen molar-refractivity contribution in [2.75, 3.05) is 6.61 Å². The standard InChI is InChI=1S/C16H18N2O2/c1-11-8-14(13-6-4-3-5-7-13)9-15(17-11)16(20)18-12(2)10-19/h3-9,12,19H,10H2,1-2H3,(H,18,20). The van der Waals surface area contributed by atoms with E-state index in [-0.39, 0.29) is 18.6 Å². The van der Waals surface area contributed by atoms with Crippen LogP contribution in [0.3, 0.4) is 0 Å². The number of nitrogens with one attached hydrogen (secondary N) is 1. The number of aliphatic hydroxyl groups is 1. The fraction of sp³-hybridized carbons (Fsp3) is 0.250. The van der Waals surface area contributed by atoms with Gasteiger partial charge in [0.1, 0.15) is 5.69 Å². The van der Waals surface area contributed by atoms with Gasteiger partial charge in [0.2, 0.25) is 0 Å². The highest BCUT2D eigenvalue weighted by atomic mass is 16.3. The lowest BCUT2D eigenvalue weighted by molar-refractivity contribution is 0.0917. The molecule has 0 bridgehead atoms. The third kappa shape index (κ3) is 3.42. The summed E-state index contributed by atoms with van der Waals surface area (Å²) in [6.07, 6.45) is 0. The summed E-state index contributed by atoms with van der Waals surface area (Å²) < 4.78 is 0. The van der Waals surface area contributed by atoms with Crippen molar-refractivity contribution in [2.45, 2.75) is 19.9 Å². The van der Waals surface area contributed by atoms with Gasteiger partial charge in [-0.1, -0.05) is 30.3 Å². The Bertz CT molecular complexity index is 597. The van der Waals surface area contributed by atoms with Crippen molar-refractivity contribution in [1.29, 1.82) is 0 Å². The summed E-state index contributed by atoms with van der Waals surface area (Å²) in [5, 5.41) is 11.7. The van der Waals surface area contributed by atoms with Gasteiger partial charge in [-0.3, -0.25) is 4.79 Å². The van der Waals surface area contributed by atoms with E-state index >= 15 is 0 Å². The topological polar surface area (TPSA) is 62.2 Å². The summed E-state index contributed by atoms with van der Waals surface area (Å²) in [6, 6.07) is 13.3. The quantitative estimate of drug-likeness (QED) is 0.895. The van der Waals surface area contributed by atoms with Crippen molar-refractivity contribution in [3.05, 3.63) is 53.9 Å². The number of aliphatic hydroxyl groups excluding tert-OH is 1. The monoisotopic (exact) mass is 270 g/mol. The van der Waals surface area contributed by atoms with Crippen LogP contribution in [0, 0.1) is 6.92 Å². The number of pyridine rings is 1. The van der Waals surface area contributed by atoms with Crippen LogP contribution in [0.25, 0.3) is 11.1 Å². The van der Waals surface area contributed by atoms with Gasteiger partial charge in [-0.15, -0.1) is 0 Å². The molecule has 0 saturated carbocycles. The van der Waals surface area contributed by atoms with E-state index < -0.39 is 0 Å². The first-order valence-corrected chi connectivity index (χ1v) is 6.56. The summed E-state index contributed by atoms with van der Waals surface area (Å²) in [4.78, 5) is 16.3. The highest BCUT2D eigenvalue weighted by molar-refractivity contribution is 5.93. The molecule has 0 aliphatic carbocycles. The fourth-order valence-electron chi connectivity index (χ4n) is 1.93. The molecule has 1 amide bonds. The van der Waals surface area contributed by atoms with Crippen LogP contribution >= 0.6 is 0 Å². The number of carbonyl (C=O) groups excluding carboxylic acids is 1. The van der Waals surface area contributed by atoms with Crippen molar-refractivity contribution in [2.24, 2.45) is 0 Å². The van der Waals surface area contributed by atoms with Crippen molar-refractivity contribution in [3.63, 3.8) is 0 Å². The number of hydrogen-bond donors (Lipinski definition) is 2. The number of aromatic nitrogens is 1. The van der Waals surface area contributed by atoms with Gasteiger partial charge in [-0.25, -0.2) is 4.98 Å². The van der Waals surface area contributed by atoms with Crippen LogP contribution < -0.4 is 5.32 Å². The molecule has 2 aromatic rings. The number of amides is 1. The highest BCUT2D eigenvalue weighted by Gasteiger charge is 2.12. The maximum Gasteiger partial charge on any atom is 0.270 e. The molecule has 0 aliphatic heterocycles. The van der Waals surface area contributed by atoms with Gasteiger partial charge in [-0.05, 0) is 37.1 Å². The molecule has 0 fully saturated rings. The summed E-state index contributed by atoms with van der Waals surface area (Å²) in [7, 11) is 0. The molecule has 1 heterocycles. The largest absolute Gasteiger partial charge is 0.394 e. The van der Waals surface area contributed by atoms with Gasteiger partial charge >= 0.3 is 0 Å². The van der Waals surface area contributed by atoms with Crippen LogP contribution in [0.5, 0.6) is 0 Å². The fourth-order valence-corrected chi connectivity index (χ4v) is 1.93. The first kappa shape index (κ1) is 14.2. The zero-order valence-electron chi connectivity index (χ0n) is 11.6. The summed E-state index contributed by atoms with van der Waals surface area (Å²) in [5.41, 5.74) is 3.15. The van der Waals surface area contributed by atoms with Crippen LogP contribution in [0.15, 0.2) is 42.5 Å². The Balaban J connectivity index is 2.32. The molecule has 4 heteroatoms. The second-order valence-electron chi connectivity index (χ2n) is 4.81. The summed E-state index contributed by atoms with van der Waals surface area (Å²) in [5.74, 6) is -0.271. The zero-order chi connectivity index (χ0) is 14.5. The average Bonchev–Trinajstić information content (AvgIpc) is 2.47. The molecule has 1 aromatic carbocycles. The third-order valence-corrected chi connectivity index (χ3v) is 2.94. The van der Waals surface area contributed by atoms with Gasteiger partial charge in [0.15, 0.2) is 0 Å². The normalized spacial score (nSPS) is 11.9. The van der Waals surface area contributed by atoms with Crippen molar-refractivity contribution in [1.82, 2.24) is 10.3 Å². The van der Waals surface area contributed by atoms with Crippen molar-refractivity contribution in [3.8, 4) is 11.1 Å². The highest BCUT2D eigenvalue weighted by Crippen LogP contribution is 2.20.